The molecule has 0 aromatic heterocycles. The number of hydrogen-bond donors (Lipinski definition) is 1. The second kappa shape index (κ2) is 6.53. The third-order valence-electron chi connectivity index (χ3n) is 3.99. The van der Waals surface area contributed by atoms with E-state index in [2.05, 4.69) is 18.7 Å². The molecule has 4 nitrogen and oxygen atoms in total. The van der Waals surface area contributed by atoms with Gasteiger partial charge >= 0.3 is 0 Å². The summed E-state index contributed by atoms with van der Waals surface area (Å²) in [7, 11) is 1.88. The van der Waals surface area contributed by atoms with E-state index >= 15 is 0 Å². The molecule has 1 amide bonds. The van der Waals surface area contributed by atoms with Crippen LogP contribution in [0.25, 0.3) is 0 Å². The van der Waals surface area contributed by atoms with Gasteiger partial charge in [0.15, 0.2) is 0 Å². The molecule has 4 heteroatoms. The summed E-state index contributed by atoms with van der Waals surface area (Å²) in [5, 5.41) is 0. The normalized spacial score (nSPS) is 23.9. The van der Waals surface area contributed by atoms with Crippen LogP contribution in [0.5, 0.6) is 0 Å². The minimum atomic E-state index is -0.709. The van der Waals surface area contributed by atoms with E-state index in [1.54, 1.807) is 0 Å². The van der Waals surface area contributed by atoms with Crippen molar-refractivity contribution in [2.24, 2.45) is 5.73 Å². The van der Waals surface area contributed by atoms with Gasteiger partial charge < -0.3 is 10.6 Å². The first-order valence-corrected chi connectivity index (χ1v) is 7.20. The number of hydrogen-bond acceptors (Lipinski definition) is 3. The predicted molar refractivity (Wildman–Crippen MR) is 75.4 cm³/mol. The highest BCUT2D eigenvalue weighted by Gasteiger charge is 2.32. The van der Waals surface area contributed by atoms with Gasteiger partial charge in [0.1, 0.15) is 0 Å². The van der Waals surface area contributed by atoms with Crippen molar-refractivity contribution in [3.05, 3.63) is 0 Å². The molecule has 0 aromatic carbocycles. The zero-order valence-electron chi connectivity index (χ0n) is 12.4. The Balaban J connectivity index is 2.54. The molecule has 2 atom stereocenters. The Morgan fingerprint density at radius 3 is 2.72 bits per heavy atom. The summed E-state index contributed by atoms with van der Waals surface area (Å²) >= 11 is 0. The van der Waals surface area contributed by atoms with Crippen LogP contribution in [-0.4, -0.2) is 54.0 Å². The summed E-state index contributed by atoms with van der Waals surface area (Å²) in [6, 6.07) is 0.515. The molecule has 106 valence electrons. The van der Waals surface area contributed by atoms with Gasteiger partial charge in [0.25, 0.3) is 0 Å². The highest BCUT2D eigenvalue weighted by atomic mass is 16.2. The molecular formula is C14H29N3O. The summed E-state index contributed by atoms with van der Waals surface area (Å²) < 4.78 is 0. The summed E-state index contributed by atoms with van der Waals surface area (Å²) in [5.41, 5.74) is 5.40. The van der Waals surface area contributed by atoms with Gasteiger partial charge in [-0.05, 0) is 39.3 Å². The topological polar surface area (TPSA) is 49.6 Å². The minimum Gasteiger partial charge on any atom is -0.343 e. The van der Waals surface area contributed by atoms with E-state index < -0.39 is 5.54 Å². The highest BCUT2D eigenvalue weighted by molar-refractivity contribution is 5.85. The van der Waals surface area contributed by atoms with Gasteiger partial charge in [-0.3, -0.25) is 9.69 Å². The van der Waals surface area contributed by atoms with E-state index in [0.29, 0.717) is 6.04 Å². The van der Waals surface area contributed by atoms with Crippen LogP contribution in [0, 0.1) is 0 Å². The monoisotopic (exact) mass is 255 g/mol. The second-order valence-corrected chi connectivity index (χ2v) is 5.78. The molecule has 0 aromatic rings. The Morgan fingerprint density at radius 1 is 1.50 bits per heavy atom. The van der Waals surface area contributed by atoms with E-state index in [-0.39, 0.29) is 5.91 Å². The molecule has 1 fully saturated rings. The first-order chi connectivity index (χ1) is 8.42. The van der Waals surface area contributed by atoms with Gasteiger partial charge in [0.05, 0.1) is 5.54 Å². The quantitative estimate of drug-likeness (QED) is 0.781. The number of amides is 1. The molecular weight excluding hydrogens is 226 g/mol. The molecule has 0 radical (unpaired) electrons. The third-order valence-corrected chi connectivity index (χ3v) is 3.99. The van der Waals surface area contributed by atoms with Crippen molar-refractivity contribution >= 4 is 5.91 Å². The van der Waals surface area contributed by atoms with Gasteiger partial charge in [-0.1, -0.05) is 20.3 Å². The number of nitrogens with two attached hydrogens (primary N) is 1. The number of carbonyl (C=O) groups excluding carboxylic acids is 1. The van der Waals surface area contributed by atoms with Crippen molar-refractivity contribution in [3.8, 4) is 0 Å². The number of nitrogens with zero attached hydrogens (tertiary/aromatic N) is 2. The molecule has 18 heavy (non-hydrogen) atoms. The molecule has 1 aliphatic heterocycles. The van der Waals surface area contributed by atoms with Crippen LogP contribution in [0.3, 0.4) is 0 Å². The first-order valence-electron chi connectivity index (χ1n) is 7.20. The van der Waals surface area contributed by atoms with E-state index in [1.807, 2.05) is 18.9 Å². The first kappa shape index (κ1) is 15.4. The van der Waals surface area contributed by atoms with Crippen LogP contribution >= 0.6 is 0 Å². The van der Waals surface area contributed by atoms with E-state index in [4.69, 9.17) is 5.73 Å². The fourth-order valence-corrected chi connectivity index (χ4v) is 2.98. The molecule has 0 saturated carbocycles. The number of likely N-dealkylation sites (N-methyl/N-ethyl adjacent to an activating group) is 2. The maximum absolute atomic E-state index is 12.3. The lowest BCUT2D eigenvalue weighted by atomic mass is 9.95. The van der Waals surface area contributed by atoms with Gasteiger partial charge in [-0.2, -0.15) is 0 Å². The SMILES string of the molecule is CCCC(C)(N)C(=O)N(C)CC1CCCN1CC. The summed E-state index contributed by atoms with van der Waals surface area (Å²) in [6.45, 7) is 9.14. The summed E-state index contributed by atoms with van der Waals surface area (Å²) in [4.78, 5) is 16.6. The molecule has 1 saturated heterocycles. The van der Waals surface area contributed by atoms with E-state index in [1.165, 1.54) is 12.8 Å². The molecule has 0 aliphatic carbocycles. The second-order valence-electron chi connectivity index (χ2n) is 5.78. The largest absolute Gasteiger partial charge is 0.343 e. The van der Waals surface area contributed by atoms with E-state index in [0.717, 1.165) is 32.5 Å². The summed E-state index contributed by atoms with van der Waals surface area (Å²) in [5.74, 6) is 0.0762. The highest BCUT2D eigenvalue weighted by Crippen LogP contribution is 2.19. The van der Waals surface area contributed by atoms with Gasteiger partial charge in [-0.25, -0.2) is 0 Å². The van der Waals surface area contributed by atoms with Crippen molar-refractivity contribution in [1.82, 2.24) is 9.80 Å². The van der Waals surface area contributed by atoms with Gasteiger partial charge in [-0.15, -0.1) is 0 Å². The van der Waals surface area contributed by atoms with Crippen LogP contribution in [-0.2, 0) is 4.79 Å². The lowest BCUT2D eigenvalue weighted by Crippen LogP contribution is -2.54. The molecule has 0 bridgehead atoms. The number of likely N-dealkylation sites (tertiary alicyclic amines) is 1. The van der Waals surface area contributed by atoms with Crippen LogP contribution in [0.4, 0.5) is 0 Å². The minimum absolute atomic E-state index is 0.0762. The molecule has 0 spiro atoms. The average molecular weight is 255 g/mol. The van der Waals surface area contributed by atoms with E-state index in [9.17, 15) is 4.79 Å². The van der Waals surface area contributed by atoms with Crippen molar-refractivity contribution < 1.29 is 4.79 Å². The fourth-order valence-electron chi connectivity index (χ4n) is 2.98. The van der Waals surface area contributed by atoms with Crippen LogP contribution in [0.15, 0.2) is 0 Å². The zero-order valence-corrected chi connectivity index (χ0v) is 12.4. The number of carbonyl (C=O) groups is 1. The van der Waals surface area contributed by atoms with Gasteiger partial charge in [0, 0.05) is 19.6 Å². The Labute approximate surface area is 111 Å². The smallest absolute Gasteiger partial charge is 0.242 e. The van der Waals surface area contributed by atoms with Crippen molar-refractivity contribution in [2.45, 2.75) is 58.0 Å². The average Bonchev–Trinajstić information content (AvgIpc) is 2.75. The third kappa shape index (κ3) is 3.69. The Morgan fingerprint density at radius 2 is 2.17 bits per heavy atom. The molecule has 1 rings (SSSR count). The lowest BCUT2D eigenvalue weighted by molar-refractivity contribution is -0.136. The van der Waals surface area contributed by atoms with Crippen molar-refractivity contribution in [3.63, 3.8) is 0 Å². The standard InChI is InChI=1S/C14H29N3O/c1-5-9-14(3,15)13(18)16(4)11-12-8-7-10-17(12)6-2/h12H,5-11,15H2,1-4H3. The molecule has 2 unspecified atom stereocenters. The molecule has 1 heterocycles. The van der Waals surface area contributed by atoms with Crippen LogP contribution < -0.4 is 5.73 Å². The van der Waals surface area contributed by atoms with Crippen LogP contribution in [0.2, 0.25) is 0 Å². The Kier molecular flexibility index (Phi) is 5.60. The Hall–Kier alpha value is -0.610. The molecule has 2 N–H and O–H groups in total. The molecule has 1 aliphatic rings. The maximum Gasteiger partial charge on any atom is 0.242 e. The predicted octanol–water partition coefficient (Wildman–Crippen LogP) is 1.45. The van der Waals surface area contributed by atoms with Crippen LogP contribution in [0.1, 0.15) is 46.5 Å². The van der Waals surface area contributed by atoms with Crippen molar-refractivity contribution in [2.75, 3.05) is 26.7 Å². The van der Waals surface area contributed by atoms with Gasteiger partial charge in [0.2, 0.25) is 5.91 Å². The maximum atomic E-state index is 12.3. The lowest BCUT2D eigenvalue weighted by Gasteiger charge is -2.33. The Bertz CT molecular complexity index is 278. The van der Waals surface area contributed by atoms with Crippen molar-refractivity contribution in [1.29, 1.82) is 0 Å². The zero-order chi connectivity index (χ0) is 13.8. The fraction of sp³-hybridized carbons (Fsp3) is 0.929. The summed E-state index contributed by atoms with van der Waals surface area (Å²) in [6.07, 6.45) is 4.13. The number of rotatable bonds is 6.